The zero-order valence-electron chi connectivity index (χ0n) is 17.6. The Hall–Kier alpha value is -0.780. The van der Waals surface area contributed by atoms with Crippen molar-refractivity contribution < 1.29 is 0 Å². The van der Waals surface area contributed by atoms with Crippen molar-refractivity contribution in [1.82, 2.24) is 0 Å². The van der Waals surface area contributed by atoms with E-state index >= 15 is 0 Å². The summed E-state index contributed by atoms with van der Waals surface area (Å²) in [6.45, 7) is 4.64. The molecule has 0 heteroatoms. The molecule has 0 nitrogen and oxygen atoms in total. The first kappa shape index (κ1) is 20.0. The first-order valence-electron chi connectivity index (χ1n) is 11.8. The molecule has 0 bridgehead atoms. The maximum atomic E-state index is 2.42. The lowest BCUT2D eigenvalue weighted by Crippen LogP contribution is -2.36. The Balaban J connectivity index is 1.60. The standard InChI is InChI=1S/C26H42/c1-3-8-22-10-12-24(13-11-22)18-21-26(19-6-5-7-20-26)25-16-14-23(9-4-2)15-17-25/h10-13,23,25H,3-9,14-21H2,1-2H3/t23-,25-. The fourth-order valence-electron chi connectivity index (χ4n) is 6.14. The van der Waals surface area contributed by atoms with Crippen molar-refractivity contribution in [3.05, 3.63) is 35.4 Å². The Morgan fingerprint density at radius 3 is 1.96 bits per heavy atom. The minimum absolute atomic E-state index is 0.678. The van der Waals surface area contributed by atoms with E-state index in [1.807, 2.05) is 0 Å². The van der Waals surface area contributed by atoms with Crippen LogP contribution in [0.25, 0.3) is 0 Å². The fraction of sp³-hybridized carbons (Fsp3) is 0.769. The molecule has 0 heterocycles. The van der Waals surface area contributed by atoms with Gasteiger partial charge in [0.25, 0.3) is 0 Å². The molecular weight excluding hydrogens is 312 g/mol. The summed E-state index contributed by atoms with van der Waals surface area (Å²) in [5.74, 6) is 2.07. The highest BCUT2D eigenvalue weighted by molar-refractivity contribution is 5.23. The number of rotatable bonds is 8. The van der Waals surface area contributed by atoms with Crippen LogP contribution in [-0.2, 0) is 12.8 Å². The van der Waals surface area contributed by atoms with E-state index in [9.17, 15) is 0 Å². The van der Waals surface area contributed by atoms with Crippen LogP contribution in [0.4, 0.5) is 0 Å². The molecule has 2 fully saturated rings. The van der Waals surface area contributed by atoms with Crippen LogP contribution in [0.5, 0.6) is 0 Å². The molecule has 0 aliphatic heterocycles. The van der Waals surface area contributed by atoms with Crippen LogP contribution in [0.3, 0.4) is 0 Å². The van der Waals surface area contributed by atoms with Gasteiger partial charge >= 0.3 is 0 Å². The molecule has 2 aliphatic carbocycles. The van der Waals surface area contributed by atoms with Gasteiger partial charge in [0.15, 0.2) is 0 Å². The second-order valence-corrected chi connectivity index (χ2v) is 9.50. The molecule has 2 saturated carbocycles. The van der Waals surface area contributed by atoms with Gasteiger partial charge in [-0.3, -0.25) is 0 Å². The summed E-state index contributed by atoms with van der Waals surface area (Å²) in [5.41, 5.74) is 3.77. The van der Waals surface area contributed by atoms with Gasteiger partial charge in [0.2, 0.25) is 0 Å². The number of hydrogen-bond acceptors (Lipinski definition) is 0. The summed E-state index contributed by atoms with van der Waals surface area (Å²) in [6, 6.07) is 9.59. The Bertz CT molecular complexity index is 497. The average molecular weight is 355 g/mol. The summed E-state index contributed by atoms with van der Waals surface area (Å²) >= 11 is 0. The highest BCUT2D eigenvalue weighted by Gasteiger charge is 2.40. The summed E-state index contributed by atoms with van der Waals surface area (Å²) in [7, 11) is 0. The van der Waals surface area contributed by atoms with Crippen molar-refractivity contribution in [2.75, 3.05) is 0 Å². The lowest BCUT2D eigenvalue weighted by Gasteiger charge is -2.47. The molecule has 146 valence electrons. The predicted molar refractivity (Wildman–Crippen MR) is 115 cm³/mol. The molecule has 1 aromatic carbocycles. The maximum absolute atomic E-state index is 2.42. The van der Waals surface area contributed by atoms with Crippen molar-refractivity contribution in [2.45, 2.75) is 110 Å². The maximum Gasteiger partial charge on any atom is -0.0266 e. The second kappa shape index (κ2) is 9.95. The average Bonchev–Trinajstić information content (AvgIpc) is 2.69. The zero-order chi connectivity index (χ0) is 18.2. The lowest BCUT2D eigenvalue weighted by molar-refractivity contribution is 0.0454. The van der Waals surface area contributed by atoms with Crippen LogP contribution in [0, 0.1) is 17.3 Å². The van der Waals surface area contributed by atoms with Gasteiger partial charge in [0.1, 0.15) is 0 Å². The van der Waals surface area contributed by atoms with Gasteiger partial charge in [-0.1, -0.05) is 89.5 Å². The minimum atomic E-state index is 0.678. The monoisotopic (exact) mass is 354 g/mol. The normalized spacial score (nSPS) is 25.9. The highest BCUT2D eigenvalue weighted by Crippen LogP contribution is 2.52. The van der Waals surface area contributed by atoms with E-state index in [0.29, 0.717) is 5.41 Å². The van der Waals surface area contributed by atoms with Crippen LogP contribution in [-0.4, -0.2) is 0 Å². The molecule has 0 aromatic heterocycles. The van der Waals surface area contributed by atoms with E-state index < -0.39 is 0 Å². The third-order valence-corrected chi connectivity index (χ3v) is 7.73. The van der Waals surface area contributed by atoms with Crippen LogP contribution in [0.2, 0.25) is 0 Å². The van der Waals surface area contributed by atoms with Gasteiger partial charge in [-0.2, -0.15) is 0 Å². The molecular formula is C26H42. The largest absolute Gasteiger partial charge is 0.0654 e. The Kier molecular flexibility index (Phi) is 7.64. The smallest absolute Gasteiger partial charge is 0.0266 e. The molecule has 26 heavy (non-hydrogen) atoms. The molecule has 2 aliphatic rings. The first-order chi connectivity index (χ1) is 12.8. The third kappa shape index (κ3) is 5.14. The molecule has 0 unspecified atom stereocenters. The van der Waals surface area contributed by atoms with Crippen molar-refractivity contribution in [3.8, 4) is 0 Å². The van der Waals surface area contributed by atoms with Crippen molar-refractivity contribution in [2.24, 2.45) is 17.3 Å². The Morgan fingerprint density at radius 2 is 1.38 bits per heavy atom. The quantitative estimate of drug-likeness (QED) is 0.442. The molecule has 3 rings (SSSR count). The predicted octanol–water partition coefficient (Wildman–Crippen LogP) is 8.13. The molecule has 0 amide bonds. The van der Waals surface area contributed by atoms with Gasteiger partial charge in [0.05, 0.1) is 0 Å². The summed E-state index contributed by atoms with van der Waals surface area (Å²) in [6.07, 6.45) is 21.7. The molecule has 0 atom stereocenters. The molecule has 0 spiro atoms. The lowest BCUT2D eigenvalue weighted by atomic mass is 9.58. The van der Waals surface area contributed by atoms with Gasteiger partial charge in [0, 0.05) is 0 Å². The number of benzene rings is 1. The Morgan fingerprint density at radius 1 is 0.769 bits per heavy atom. The van der Waals surface area contributed by atoms with Crippen molar-refractivity contribution in [3.63, 3.8) is 0 Å². The zero-order valence-corrected chi connectivity index (χ0v) is 17.6. The van der Waals surface area contributed by atoms with Gasteiger partial charge in [-0.25, -0.2) is 0 Å². The fourth-order valence-corrected chi connectivity index (χ4v) is 6.14. The van der Waals surface area contributed by atoms with Gasteiger partial charge in [-0.15, -0.1) is 0 Å². The highest BCUT2D eigenvalue weighted by atomic mass is 14.5. The SMILES string of the molecule is CCCc1ccc(CCC2([C@H]3CC[C@H](CCC)CC3)CCCCC2)cc1. The molecule has 0 saturated heterocycles. The number of aryl methyl sites for hydroxylation is 2. The van der Waals surface area contributed by atoms with E-state index in [0.717, 1.165) is 11.8 Å². The molecule has 0 N–H and O–H groups in total. The van der Waals surface area contributed by atoms with Crippen LogP contribution >= 0.6 is 0 Å². The molecule has 0 radical (unpaired) electrons. The Labute approximate surface area is 163 Å². The first-order valence-corrected chi connectivity index (χ1v) is 11.8. The van der Waals surface area contributed by atoms with Crippen LogP contribution in [0.15, 0.2) is 24.3 Å². The summed E-state index contributed by atoms with van der Waals surface area (Å²) < 4.78 is 0. The van der Waals surface area contributed by atoms with E-state index in [4.69, 9.17) is 0 Å². The third-order valence-electron chi connectivity index (χ3n) is 7.73. The molecule has 1 aromatic rings. The van der Waals surface area contributed by atoms with E-state index in [1.165, 1.54) is 102 Å². The van der Waals surface area contributed by atoms with E-state index in [1.54, 1.807) is 5.56 Å². The van der Waals surface area contributed by atoms with E-state index in [-0.39, 0.29) is 0 Å². The van der Waals surface area contributed by atoms with Crippen molar-refractivity contribution >= 4 is 0 Å². The van der Waals surface area contributed by atoms with Crippen LogP contribution < -0.4 is 0 Å². The summed E-state index contributed by atoms with van der Waals surface area (Å²) in [5, 5.41) is 0. The van der Waals surface area contributed by atoms with Crippen LogP contribution in [0.1, 0.15) is 108 Å². The second-order valence-electron chi connectivity index (χ2n) is 9.50. The topological polar surface area (TPSA) is 0 Å². The van der Waals surface area contributed by atoms with E-state index in [2.05, 4.69) is 38.1 Å². The van der Waals surface area contributed by atoms with Crippen molar-refractivity contribution in [1.29, 1.82) is 0 Å². The summed E-state index contributed by atoms with van der Waals surface area (Å²) in [4.78, 5) is 0. The number of hydrogen-bond donors (Lipinski definition) is 0. The minimum Gasteiger partial charge on any atom is -0.0654 e. The van der Waals surface area contributed by atoms with Gasteiger partial charge in [-0.05, 0) is 73.3 Å². The van der Waals surface area contributed by atoms with Gasteiger partial charge < -0.3 is 0 Å².